The van der Waals surface area contributed by atoms with Gasteiger partial charge in [-0.1, -0.05) is 26.7 Å². The van der Waals surface area contributed by atoms with Gasteiger partial charge in [-0.25, -0.2) is 4.79 Å². The largest absolute Gasteiger partial charge is 0.480 e. The van der Waals surface area contributed by atoms with E-state index in [4.69, 9.17) is 10.8 Å². The van der Waals surface area contributed by atoms with Crippen LogP contribution in [0.2, 0.25) is 0 Å². The van der Waals surface area contributed by atoms with Crippen LogP contribution < -0.4 is 11.1 Å². The number of primary amides is 1. The van der Waals surface area contributed by atoms with E-state index in [2.05, 4.69) is 5.32 Å². The smallest absolute Gasteiger partial charge is 0.326 e. The minimum absolute atomic E-state index is 0.252. The summed E-state index contributed by atoms with van der Waals surface area (Å²) in [7, 11) is 0. The van der Waals surface area contributed by atoms with E-state index < -0.39 is 23.3 Å². The summed E-state index contributed by atoms with van der Waals surface area (Å²) >= 11 is 0. The van der Waals surface area contributed by atoms with Crippen LogP contribution in [0.1, 0.15) is 52.4 Å². The van der Waals surface area contributed by atoms with Gasteiger partial charge < -0.3 is 16.2 Å². The zero-order valence-electron chi connectivity index (χ0n) is 12.1. The van der Waals surface area contributed by atoms with E-state index >= 15 is 0 Å². The number of rotatable bonds is 7. The molecule has 0 aromatic rings. The molecule has 0 spiro atoms. The number of amides is 2. The SMILES string of the molecule is CC(C)CC1(C(=O)N[C@H](CC(N)=O)C(=O)O)CCCC1. The van der Waals surface area contributed by atoms with Gasteiger partial charge in [0.15, 0.2) is 0 Å². The average Bonchev–Trinajstić information content (AvgIpc) is 2.76. The molecular formula is C14H24N2O4. The predicted molar refractivity (Wildman–Crippen MR) is 73.7 cm³/mol. The molecule has 6 nitrogen and oxygen atoms in total. The fourth-order valence-electron chi connectivity index (χ4n) is 3.07. The van der Waals surface area contributed by atoms with Crippen LogP contribution in [0.15, 0.2) is 0 Å². The first kappa shape index (κ1) is 16.5. The standard InChI is InChI=1S/C14H24N2O4/c1-9(2)8-14(5-3-4-6-14)13(20)16-10(12(18)19)7-11(15)17/h9-10H,3-8H2,1-2H3,(H2,15,17)(H,16,20)(H,18,19)/t10-/m1/s1. The summed E-state index contributed by atoms with van der Waals surface area (Å²) in [6.07, 6.45) is 3.88. The van der Waals surface area contributed by atoms with Gasteiger partial charge in [-0.3, -0.25) is 9.59 Å². The van der Waals surface area contributed by atoms with Crippen molar-refractivity contribution in [2.24, 2.45) is 17.1 Å². The van der Waals surface area contributed by atoms with Crippen LogP contribution >= 0.6 is 0 Å². The number of carbonyl (C=O) groups excluding carboxylic acids is 2. The van der Waals surface area contributed by atoms with Crippen molar-refractivity contribution in [1.82, 2.24) is 5.32 Å². The van der Waals surface area contributed by atoms with Crippen LogP contribution in [-0.4, -0.2) is 28.9 Å². The summed E-state index contributed by atoms with van der Waals surface area (Å²) < 4.78 is 0. The molecule has 0 saturated heterocycles. The molecule has 6 heteroatoms. The summed E-state index contributed by atoms with van der Waals surface area (Å²) in [6.45, 7) is 4.09. The highest BCUT2D eigenvalue weighted by Crippen LogP contribution is 2.43. The minimum atomic E-state index is -1.23. The van der Waals surface area contributed by atoms with Crippen LogP contribution in [-0.2, 0) is 14.4 Å². The van der Waals surface area contributed by atoms with Crippen molar-refractivity contribution in [2.75, 3.05) is 0 Å². The number of nitrogens with one attached hydrogen (secondary N) is 1. The second-order valence-corrected chi connectivity index (χ2v) is 6.12. The number of nitrogens with two attached hydrogens (primary N) is 1. The fraction of sp³-hybridized carbons (Fsp3) is 0.786. The maximum atomic E-state index is 12.5. The van der Waals surface area contributed by atoms with Gasteiger partial charge >= 0.3 is 5.97 Å². The molecule has 1 aliphatic carbocycles. The van der Waals surface area contributed by atoms with E-state index in [1.54, 1.807) is 0 Å². The molecule has 114 valence electrons. The Morgan fingerprint density at radius 1 is 1.25 bits per heavy atom. The van der Waals surface area contributed by atoms with Crippen LogP contribution in [0.4, 0.5) is 0 Å². The lowest BCUT2D eigenvalue weighted by molar-refractivity contribution is -0.145. The third kappa shape index (κ3) is 4.21. The Balaban J connectivity index is 2.79. The molecule has 2 amide bonds. The molecule has 0 unspecified atom stereocenters. The maximum absolute atomic E-state index is 12.5. The Labute approximate surface area is 119 Å². The Bertz CT molecular complexity index is 387. The lowest BCUT2D eigenvalue weighted by Gasteiger charge is -2.30. The highest BCUT2D eigenvalue weighted by molar-refractivity contribution is 5.90. The molecule has 0 radical (unpaired) electrons. The highest BCUT2D eigenvalue weighted by Gasteiger charge is 2.42. The quantitative estimate of drug-likeness (QED) is 0.648. The normalized spacial score (nSPS) is 18.8. The molecule has 4 N–H and O–H groups in total. The number of carboxylic acid groups (broad SMARTS) is 1. The van der Waals surface area contributed by atoms with Crippen molar-refractivity contribution in [2.45, 2.75) is 58.4 Å². The second-order valence-electron chi connectivity index (χ2n) is 6.12. The topological polar surface area (TPSA) is 109 Å². The van der Waals surface area contributed by atoms with Gasteiger partial charge in [0, 0.05) is 5.41 Å². The molecule has 1 aliphatic rings. The Kier molecular flexibility index (Phi) is 5.53. The van der Waals surface area contributed by atoms with Crippen molar-refractivity contribution in [3.63, 3.8) is 0 Å². The molecule has 0 aromatic heterocycles. The van der Waals surface area contributed by atoms with E-state index in [1.807, 2.05) is 13.8 Å². The summed E-state index contributed by atoms with van der Waals surface area (Å²) in [4.78, 5) is 34.4. The molecule has 20 heavy (non-hydrogen) atoms. The Morgan fingerprint density at radius 3 is 2.20 bits per heavy atom. The summed E-state index contributed by atoms with van der Waals surface area (Å²) in [5, 5.41) is 11.6. The average molecular weight is 284 g/mol. The predicted octanol–water partition coefficient (Wildman–Crippen LogP) is 1.04. The third-order valence-electron chi connectivity index (χ3n) is 3.85. The molecule has 0 aromatic carbocycles. The number of hydrogen-bond donors (Lipinski definition) is 3. The van der Waals surface area contributed by atoms with Crippen molar-refractivity contribution in [1.29, 1.82) is 0 Å². The lowest BCUT2D eigenvalue weighted by Crippen LogP contribution is -2.49. The van der Waals surface area contributed by atoms with E-state index in [0.717, 1.165) is 32.1 Å². The first-order valence-corrected chi connectivity index (χ1v) is 7.09. The number of hydrogen-bond acceptors (Lipinski definition) is 3. The molecule has 1 saturated carbocycles. The van der Waals surface area contributed by atoms with Crippen LogP contribution in [0.25, 0.3) is 0 Å². The molecular weight excluding hydrogens is 260 g/mol. The zero-order valence-corrected chi connectivity index (χ0v) is 12.1. The first-order chi connectivity index (χ1) is 9.27. The molecule has 0 heterocycles. The van der Waals surface area contributed by atoms with E-state index in [9.17, 15) is 14.4 Å². The van der Waals surface area contributed by atoms with Gasteiger partial charge in [-0.15, -0.1) is 0 Å². The summed E-state index contributed by atoms with van der Waals surface area (Å²) in [5.74, 6) is -1.85. The number of carbonyl (C=O) groups is 3. The van der Waals surface area contributed by atoms with Crippen molar-refractivity contribution >= 4 is 17.8 Å². The second kappa shape index (κ2) is 6.72. The van der Waals surface area contributed by atoms with Gasteiger partial charge in [0.2, 0.25) is 11.8 Å². The van der Waals surface area contributed by atoms with E-state index in [0.29, 0.717) is 5.92 Å². The fourth-order valence-corrected chi connectivity index (χ4v) is 3.07. The molecule has 0 aliphatic heterocycles. The van der Waals surface area contributed by atoms with Gasteiger partial charge in [-0.2, -0.15) is 0 Å². The highest BCUT2D eigenvalue weighted by atomic mass is 16.4. The third-order valence-corrected chi connectivity index (χ3v) is 3.85. The van der Waals surface area contributed by atoms with Crippen LogP contribution in [0.5, 0.6) is 0 Å². The maximum Gasteiger partial charge on any atom is 0.326 e. The molecule has 0 bridgehead atoms. The first-order valence-electron chi connectivity index (χ1n) is 7.09. The lowest BCUT2D eigenvalue weighted by atomic mass is 9.77. The number of aliphatic carboxylic acids is 1. The van der Waals surface area contributed by atoms with Crippen molar-refractivity contribution in [3.05, 3.63) is 0 Å². The van der Waals surface area contributed by atoms with Gasteiger partial charge in [-0.05, 0) is 25.2 Å². The Morgan fingerprint density at radius 2 is 1.80 bits per heavy atom. The van der Waals surface area contributed by atoms with Gasteiger partial charge in [0.25, 0.3) is 0 Å². The van der Waals surface area contributed by atoms with Gasteiger partial charge in [0.1, 0.15) is 6.04 Å². The van der Waals surface area contributed by atoms with E-state index in [1.165, 1.54) is 0 Å². The van der Waals surface area contributed by atoms with Crippen molar-refractivity contribution < 1.29 is 19.5 Å². The Hall–Kier alpha value is -1.59. The van der Waals surface area contributed by atoms with Crippen molar-refractivity contribution in [3.8, 4) is 0 Å². The number of carboxylic acids is 1. The van der Waals surface area contributed by atoms with Crippen LogP contribution in [0, 0.1) is 11.3 Å². The van der Waals surface area contributed by atoms with Crippen LogP contribution in [0.3, 0.4) is 0 Å². The molecule has 1 rings (SSSR count). The monoisotopic (exact) mass is 284 g/mol. The summed E-state index contributed by atoms with van der Waals surface area (Å²) in [5.41, 5.74) is 4.53. The molecule has 1 atom stereocenters. The molecule has 1 fully saturated rings. The van der Waals surface area contributed by atoms with E-state index in [-0.39, 0.29) is 12.3 Å². The summed E-state index contributed by atoms with van der Waals surface area (Å²) in [6, 6.07) is -1.23. The minimum Gasteiger partial charge on any atom is -0.480 e. The zero-order chi connectivity index (χ0) is 15.3. The van der Waals surface area contributed by atoms with Gasteiger partial charge in [0.05, 0.1) is 6.42 Å².